The average Bonchev–Trinajstić information content (AvgIpc) is 3.08. The molecule has 0 saturated carbocycles. The topological polar surface area (TPSA) is 82.7 Å². The molecule has 140 valence electrons. The van der Waals surface area contributed by atoms with Crippen LogP contribution in [-0.2, 0) is 4.79 Å². The maximum Gasteiger partial charge on any atom is 0.255 e. The smallest absolute Gasteiger partial charge is 0.255 e. The number of nitrogens with one attached hydrogen (secondary N) is 3. The van der Waals surface area contributed by atoms with E-state index in [9.17, 15) is 4.79 Å². The van der Waals surface area contributed by atoms with Crippen molar-refractivity contribution in [3.63, 3.8) is 0 Å². The van der Waals surface area contributed by atoms with Crippen LogP contribution in [0.5, 0.6) is 0 Å². The highest BCUT2D eigenvalue weighted by molar-refractivity contribution is 6.06. The highest BCUT2D eigenvalue weighted by Gasteiger charge is 2.08. The number of aryl methyl sites for hydroxylation is 1. The molecule has 3 rings (SSSR count). The standard InChI is InChI=1S/C22H21N5O/c1-4-6-7-8-16(5-2)22(28)27-18-11-9-17(10-12-18)26-21-19-13-15(3)25-20(19)23-14-24-21/h4-14H,1-2H2,3H3,(H,27,28)(H2,23,24,25,26)/b7-6-,16-8+. The number of carbonyl (C=O) groups is 1. The van der Waals surface area contributed by atoms with Gasteiger partial charge in [-0.25, -0.2) is 9.97 Å². The zero-order valence-electron chi connectivity index (χ0n) is 15.6. The first kappa shape index (κ1) is 18.8. The zero-order valence-corrected chi connectivity index (χ0v) is 15.6. The lowest BCUT2D eigenvalue weighted by Gasteiger charge is -2.09. The molecule has 6 heteroatoms. The van der Waals surface area contributed by atoms with Crippen LogP contribution in [0.4, 0.5) is 17.2 Å². The first-order valence-corrected chi connectivity index (χ1v) is 8.71. The van der Waals surface area contributed by atoms with E-state index in [1.165, 1.54) is 12.4 Å². The Morgan fingerprint density at radius 2 is 1.86 bits per heavy atom. The Kier molecular flexibility index (Phi) is 5.81. The van der Waals surface area contributed by atoms with Gasteiger partial charge >= 0.3 is 0 Å². The first-order chi connectivity index (χ1) is 13.6. The zero-order chi connectivity index (χ0) is 19.9. The maximum absolute atomic E-state index is 12.3. The number of rotatable bonds is 7. The van der Waals surface area contributed by atoms with Gasteiger partial charge in [-0.15, -0.1) is 0 Å². The van der Waals surface area contributed by atoms with Crippen molar-refractivity contribution in [2.45, 2.75) is 6.92 Å². The van der Waals surface area contributed by atoms with E-state index in [0.29, 0.717) is 11.3 Å². The number of hydrogen-bond acceptors (Lipinski definition) is 4. The maximum atomic E-state index is 12.3. The lowest BCUT2D eigenvalue weighted by molar-refractivity contribution is -0.112. The van der Waals surface area contributed by atoms with Gasteiger partial charge in [-0.3, -0.25) is 4.79 Å². The Morgan fingerprint density at radius 3 is 2.57 bits per heavy atom. The van der Waals surface area contributed by atoms with E-state index in [2.05, 4.69) is 38.7 Å². The van der Waals surface area contributed by atoms with E-state index in [4.69, 9.17) is 0 Å². The minimum atomic E-state index is -0.232. The largest absolute Gasteiger partial charge is 0.343 e. The molecular weight excluding hydrogens is 350 g/mol. The van der Waals surface area contributed by atoms with E-state index in [1.807, 2.05) is 37.3 Å². The van der Waals surface area contributed by atoms with Gasteiger partial charge in [0.2, 0.25) is 0 Å². The molecule has 0 aliphatic rings. The Bertz CT molecular complexity index is 1070. The van der Waals surface area contributed by atoms with E-state index in [-0.39, 0.29) is 5.91 Å². The number of allylic oxidation sites excluding steroid dienone is 4. The van der Waals surface area contributed by atoms with Crippen molar-refractivity contribution in [3.8, 4) is 0 Å². The van der Waals surface area contributed by atoms with Crippen LogP contribution < -0.4 is 10.6 Å². The van der Waals surface area contributed by atoms with Gasteiger partial charge in [0.1, 0.15) is 17.8 Å². The molecule has 0 spiro atoms. The summed E-state index contributed by atoms with van der Waals surface area (Å²) in [6.07, 6.45) is 9.83. The first-order valence-electron chi connectivity index (χ1n) is 8.71. The number of anilines is 3. The van der Waals surface area contributed by atoms with Crippen LogP contribution >= 0.6 is 0 Å². The summed E-state index contributed by atoms with van der Waals surface area (Å²) in [5.41, 5.74) is 3.80. The van der Waals surface area contributed by atoms with Gasteiger partial charge in [-0.05, 0) is 43.3 Å². The number of aromatic nitrogens is 3. The third kappa shape index (κ3) is 4.42. The van der Waals surface area contributed by atoms with Gasteiger partial charge in [0.15, 0.2) is 0 Å². The molecule has 0 unspecified atom stereocenters. The normalized spacial score (nSPS) is 11.5. The molecule has 0 saturated heterocycles. The second-order valence-corrected chi connectivity index (χ2v) is 6.04. The number of amides is 1. The third-order valence-electron chi connectivity index (χ3n) is 3.97. The van der Waals surface area contributed by atoms with Crippen molar-refractivity contribution < 1.29 is 4.79 Å². The Morgan fingerprint density at radius 1 is 1.11 bits per heavy atom. The number of benzene rings is 1. The summed E-state index contributed by atoms with van der Waals surface area (Å²) in [7, 11) is 0. The van der Waals surface area contributed by atoms with Crippen LogP contribution in [-0.4, -0.2) is 20.9 Å². The Hall–Kier alpha value is -3.93. The third-order valence-corrected chi connectivity index (χ3v) is 3.97. The van der Waals surface area contributed by atoms with Crippen LogP contribution in [0.3, 0.4) is 0 Å². The second kappa shape index (κ2) is 8.64. The molecular formula is C22H21N5O. The summed E-state index contributed by atoms with van der Waals surface area (Å²) in [6.45, 7) is 9.24. The predicted molar refractivity (Wildman–Crippen MR) is 115 cm³/mol. The quantitative estimate of drug-likeness (QED) is 0.411. The Labute approximate surface area is 163 Å². The highest BCUT2D eigenvalue weighted by Crippen LogP contribution is 2.24. The van der Waals surface area contributed by atoms with Gasteiger partial charge in [-0.2, -0.15) is 0 Å². The number of fused-ring (bicyclic) bond motifs is 1. The fourth-order valence-electron chi connectivity index (χ4n) is 2.62. The lowest BCUT2D eigenvalue weighted by atomic mass is 10.2. The van der Waals surface area contributed by atoms with Crippen LogP contribution in [0, 0.1) is 6.92 Å². The molecule has 3 N–H and O–H groups in total. The van der Waals surface area contributed by atoms with Crippen LogP contribution in [0.15, 0.2) is 85.8 Å². The second-order valence-electron chi connectivity index (χ2n) is 6.04. The molecule has 6 nitrogen and oxygen atoms in total. The predicted octanol–water partition coefficient (Wildman–Crippen LogP) is 4.80. The summed E-state index contributed by atoms with van der Waals surface area (Å²) < 4.78 is 0. The average molecular weight is 371 g/mol. The van der Waals surface area contributed by atoms with Gasteiger partial charge in [0, 0.05) is 22.6 Å². The van der Waals surface area contributed by atoms with Crippen LogP contribution in [0.2, 0.25) is 0 Å². The van der Waals surface area contributed by atoms with Gasteiger partial charge < -0.3 is 15.6 Å². The van der Waals surface area contributed by atoms with Crippen LogP contribution in [0.1, 0.15) is 5.69 Å². The summed E-state index contributed by atoms with van der Waals surface area (Å²) in [4.78, 5) is 24.0. The fraction of sp³-hybridized carbons (Fsp3) is 0.0455. The van der Waals surface area contributed by atoms with Crippen molar-refractivity contribution in [1.29, 1.82) is 0 Å². The molecule has 2 heterocycles. The summed E-state index contributed by atoms with van der Waals surface area (Å²) >= 11 is 0. The van der Waals surface area contributed by atoms with Crippen molar-refractivity contribution in [2.75, 3.05) is 10.6 Å². The summed E-state index contributed by atoms with van der Waals surface area (Å²) in [5.74, 6) is 0.488. The van der Waals surface area contributed by atoms with E-state index < -0.39 is 0 Å². The SMILES string of the molecule is C=C/C=C\C=C(/C=C)C(=O)Nc1ccc(Nc2ncnc3[nH]c(C)cc23)cc1. The molecule has 0 aliphatic carbocycles. The van der Waals surface area contributed by atoms with Crippen molar-refractivity contribution in [1.82, 2.24) is 15.0 Å². The molecule has 0 bridgehead atoms. The molecule has 1 amide bonds. The van der Waals surface area contributed by atoms with Crippen molar-refractivity contribution in [2.24, 2.45) is 0 Å². The van der Waals surface area contributed by atoms with E-state index >= 15 is 0 Å². The fourth-order valence-corrected chi connectivity index (χ4v) is 2.62. The minimum Gasteiger partial charge on any atom is -0.343 e. The molecule has 0 fully saturated rings. The molecule has 1 aromatic carbocycles. The lowest BCUT2D eigenvalue weighted by Crippen LogP contribution is -2.13. The van der Waals surface area contributed by atoms with Crippen LogP contribution in [0.25, 0.3) is 11.0 Å². The number of carbonyl (C=O) groups excluding carboxylic acids is 1. The minimum absolute atomic E-state index is 0.232. The number of H-pyrrole nitrogens is 1. The van der Waals surface area contributed by atoms with Crippen molar-refractivity contribution >= 4 is 34.1 Å². The highest BCUT2D eigenvalue weighted by atomic mass is 16.1. The number of aromatic amines is 1. The number of hydrogen-bond donors (Lipinski definition) is 3. The molecule has 2 aromatic heterocycles. The van der Waals surface area contributed by atoms with Crippen molar-refractivity contribution in [3.05, 3.63) is 91.5 Å². The van der Waals surface area contributed by atoms with Gasteiger partial charge in [0.25, 0.3) is 5.91 Å². The van der Waals surface area contributed by atoms with E-state index in [0.717, 1.165) is 28.2 Å². The van der Waals surface area contributed by atoms with Gasteiger partial charge in [-0.1, -0.05) is 37.5 Å². The Balaban J connectivity index is 1.72. The summed E-state index contributed by atoms with van der Waals surface area (Å²) in [6, 6.07) is 9.38. The molecule has 3 aromatic rings. The van der Waals surface area contributed by atoms with E-state index in [1.54, 1.807) is 24.3 Å². The molecule has 0 radical (unpaired) electrons. The molecule has 0 atom stereocenters. The molecule has 28 heavy (non-hydrogen) atoms. The monoisotopic (exact) mass is 371 g/mol. The molecule has 0 aliphatic heterocycles. The summed E-state index contributed by atoms with van der Waals surface area (Å²) in [5, 5.41) is 7.05. The number of nitrogens with zero attached hydrogens (tertiary/aromatic N) is 2. The van der Waals surface area contributed by atoms with Gasteiger partial charge in [0.05, 0.1) is 5.39 Å².